The highest BCUT2D eigenvalue weighted by molar-refractivity contribution is 6.33. The minimum atomic E-state index is -0.147. The second-order valence-corrected chi connectivity index (χ2v) is 7.49. The van der Waals surface area contributed by atoms with Gasteiger partial charge in [-0.3, -0.25) is 14.1 Å². The number of carbonyl (C=O) groups is 1. The van der Waals surface area contributed by atoms with Crippen LogP contribution in [0, 0.1) is 0 Å². The Morgan fingerprint density at radius 3 is 3.03 bits per heavy atom. The van der Waals surface area contributed by atoms with Crippen molar-refractivity contribution in [1.29, 1.82) is 0 Å². The molecule has 1 fully saturated rings. The maximum atomic E-state index is 12.8. The Morgan fingerprint density at radius 1 is 1.23 bits per heavy atom. The standard InChI is InChI=1S/C19H18ClN9O/c20-14-7-6-13(29-12-21-25-26-29)10-15(14)22-18(30)11-27-8-3-4-16(27)19-24-23-17-5-1-2-9-28(17)19/h1-2,5-7,9-10,12,16H,3-4,8,11H2,(H,22,30). The number of amides is 1. The third-order valence-electron chi connectivity index (χ3n) is 5.19. The van der Waals surface area contributed by atoms with E-state index in [0.29, 0.717) is 16.4 Å². The van der Waals surface area contributed by atoms with Crippen LogP contribution in [0.1, 0.15) is 24.7 Å². The minimum Gasteiger partial charge on any atom is -0.324 e. The smallest absolute Gasteiger partial charge is 0.238 e. The summed E-state index contributed by atoms with van der Waals surface area (Å²) in [6.45, 7) is 1.05. The zero-order chi connectivity index (χ0) is 20.5. The Bertz CT molecular complexity index is 1190. The van der Waals surface area contributed by atoms with Gasteiger partial charge in [0.15, 0.2) is 11.5 Å². The number of nitrogens with zero attached hydrogens (tertiary/aromatic N) is 8. The van der Waals surface area contributed by atoms with Gasteiger partial charge in [-0.15, -0.1) is 15.3 Å². The van der Waals surface area contributed by atoms with E-state index in [1.165, 1.54) is 11.0 Å². The molecule has 11 heteroatoms. The van der Waals surface area contributed by atoms with Gasteiger partial charge in [0.2, 0.25) is 5.91 Å². The Balaban J connectivity index is 1.32. The number of likely N-dealkylation sites (tertiary alicyclic amines) is 1. The van der Waals surface area contributed by atoms with Crippen molar-refractivity contribution in [2.45, 2.75) is 18.9 Å². The number of halogens is 1. The summed E-state index contributed by atoms with van der Waals surface area (Å²) in [5.74, 6) is 0.709. The number of pyridine rings is 1. The van der Waals surface area contributed by atoms with Gasteiger partial charge < -0.3 is 5.32 Å². The van der Waals surface area contributed by atoms with E-state index in [2.05, 4.69) is 35.9 Å². The van der Waals surface area contributed by atoms with Crippen molar-refractivity contribution in [2.24, 2.45) is 0 Å². The van der Waals surface area contributed by atoms with Gasteiger partial charge in [-0.05, 0) is 60.1 Å². The largest absolute Gasteiger partial charge is 0.324 e. The van der Waals surface area contributed by atoms with Crippen LogP contribution in [0.5, 0.6) is 0 Å². The molecule has 1 amide bonds. The lowest BCUT2D eigenvalue weighted by Crippen LogP contribution is -2.33. The highest BCUT2D eigenvalue weighted by Crippen LogP contribution is 2.31. The molecule has 4 aromatic rings. The van der Waals surface area contributed by atoms with Crippen LogP contribution < -0.4 is 5.32 Å². The number of hydrogen-bond donors (Lipinski definition) is 1. The molecule has 0 bridgehead atoms. The predicted molar refractivity (Wildman–Crippen MR) is 109 cm³/mol. The first-order chi connectivity index (χ1) is 14.7. The van der Waals surface area contributed by atoms with E-state index in [-0.39, 0.29) is 18.5 Å². The van der Waals surface area contributed by atoms with Crippen molar-refractivity contribution in [1.82, 2.24) is 39.7 Å². The summed E-state index contributed by atoms with van der Waals surface area (Å²) in [5, 5.41) is 23.1. The zero-order valence-corrected chi connectivity index (χ0v) is 16.6. The predicted octanol–water partition coefficient (Wildman–Crippen LogP) is 2.13. The molecule has 1 aliphatic heterocycles. The number of benzene rings is 1. The molecule has 1 atom stereocenters. The molecular formula is C19H18ClN9O. The van der Waals surface area contributed by atoms with Crippen molar-refractivity contribution < 1.29 is 4.79 Å². The van der Waals surface area contributed by atoms with E-state index in [4.69, 9.17) is 11.6 Å². The molecule has 5 rings (SSSR count). The van der Waals surface area contributed by atoms with E-state index < -0.39 is 0 Å². The number of hydrogen-bond acceptors (Lipinski definition) is 7. The second kappa shape index (κ2) is 7.81. The van der Waals surface area contributed by atoms with Crippen molar-refractivity contribution in [3.05, 3.63) is 59.8 Å². The Hall–Kier alpha value is -3.37. The zero-order valence-electron chi connectivity index (χ0n) is 15.9. The maximum Gasteiger partial charge on any atom is 0.238 e. The van der Waals surface area contributed by atoms with Crippen molar-refractivity contribution >= 4 is 28.8 Å². The number of tetrazole rings is 1. The van der Waals surface area contributed by atoms with Gasteiger partial charge in [0, 0.05) is 6.20 Å². The molecule has 1 aliphatic rings. The number of rotatable bonds is 5. The van der Waals surface area contributed by atoms with Crippen LogP contribution in [-0.2, 0) is 4.79 Å². The third kappa shape index (κ3) is 3.51. The fourth-order valence-electron chi connectivity index (χ4n) is 3.80. The molecule has 4 heterocycles. The average Bonchev–Trinajstić information content (AvgIpc) is 3.50. The van der Waals surface area contributed by atoms with Gasteiger partial charge in [0.25, 0.3) is 0 Å². The lowest BCUT2D eigenvalue weighted by Gasteiger charge is -2.22. The van der Waals surface area contributed by atoms with Gasteiger partial charge in [0.1, 0.15) is 6.33 Å². The van der Waals surface area contributed by atoms with Gasteiger partial charge in [-0.2, -0.15) is 0 Å². The van der Waals surface area contributed by atoms with E-state index >= 15 is 0 Å². The number of nitrogens with one attached hydrogen (secondary N) is 1. The van der Waals surface area contributed by atoms with Crippen molar-refractivity contribution in [3.63, 3.8) is 0 Å². The van der Waals surface area contributed by atoms with Crippen LogP contribution in [0.15, 0.2) is 48.9 Å². The quantitative estimate of drug-likeness (QED) is 0.524. The van der Waals surface area contributed by atoms with Crippen LogP contribution in [0.4, 0.5) is 5.69 Å². The molecule has 1 saturated heterocycles. The molecular weight excluding hydrogens is 406 g/mol. The van der Waals surface area contributed by atoms with Crippen molar-refractivity contribution in [2.75, 3.05) is 18.4 Å². The molecule has 30 heavy (non-hydrogen) atoms. The normalized spacial score (nSPS) is 16.9. The molecule has 152 valence electrons. The summed E-state index contributed by atoms with van der Waals surface area (Å²) in [4.78, 5) is 14.9. The molecule has 10 nitrogen and oxygen atoms in total. The van der Waals surface area contributed by atoms with Gasteiger partial charge in [-0.25, -0.2) is 4.68 Å². The summed E-state index contributed by atoms with van der Waals surface area (Å²) in [6, 6.07) is 11.1. The highest BCUT2D eigenvalue weighted by Gasteiger charge is 2.31. The maximum absolute atomic E-state index is 12.8. The van der Waals surface area contributed by atoms with Gasteiger partial charge in [0.05, 0.1) is 29.0 Å². The van der Waals surface area contributed by atoms with Gasteiger partial charge in [-0.1, -0.05) is 17.7 Å². The number of anilines is 1. The average molecular weight is 424 g/mol. The number of fused-ring (bicyclic) bond motifs is 1. The summed E-state index contributed by atoms with van der Waals surface area (Å²) < 4.78 is 3.48. The second-order valence-electron chi connectivity index (χ2n) is 7.08. The van der Waals surface area contributed by atoms with E-state index in [1.807, 2.05) is 28.8 Å². The van der Waals surface area contributed by atoms with E-state index in [9.17, 15) is 4.79 Å². The minimum absolute atomic E-state index is 0.0381. The van der Waals surface area contributed by atoms with Crippen LogP contribution in [-0.4, -0.2) is 58.7 Å². The molecule has 0 radical (unpaired) electrons. The van der Waals surface area contributed by atoms with E-state index in [0.717, 1.165) is 30.9 Å². The monoisotopic (exact) mass is 423 g/mol. The molecule has 1 N–H and O–H groups in total. The molecule has 1 unspecified atom stereocenters. The number of aromatic nitrogens is 7. The Labute approximate surface area is 176 Å². The van der Waals surface area contributed by atoms with Crippen molar-refractivity contribution in [3.8, 4) is 5.69 Å². The first-order valence-electron chi connectivity index (χ1n) is 9.55. The molecule has 0 spiro atoms. The molecule has 0 aliphatic carbocycles. The topological polar surface area (TPSA) is 106 Å². The molecule has 1 aromatic carbocycles. The van der Waals surface area contributed by atoms with Crippen LogP contribution in [0.25, 0.3) is 11.3 Å². The highest BCUT2D eigenvalue weighted by atomic mass is 35.5. The summed E-state index contributed by atoms with van der Waals surface area (Å²) >= 11 is 6.28. The summed E-state index contributed by atoms with van der Waals surface area (Å²) in [5.41, 5.74) is 2.02. The SMILES string of the molecule is O=C(CN1CCCC1c1nnc2ccccn12)Nc1cc(-n2cnnn2)ccc1Cl. The Kier molecular flexibility index (Phi) is 4.85. The summed E-state index contributed by atoms with van der Waals surface area (Å²) in [7, 11) is 0. The first-order valence-corrected chi connectivity index (χ1v) is 9.93. The van der Waals surface area contributed by atoms with Crippen LogP contribution >= 0.6 is 11.6 Å². The van der Waals surface area contributed by atoms with Gasteiger partial charge >= 0.3 is 0 Å². The first kappa shape index (κ1) is 18.6. The lowest BCUT2D eigenvalue weighted by atomic mass is 10.2. The van der Waals surface area contributed by atoms with Crippen LogP contribution in [0.2, 0.25) is 5.02 Å². The fraction of sp³-hybridized carbons (Fsp3) is 0.263. The summed E-state index contributed by atoms with van der Waals surface area (Å²) in [6.07, 6.45) is 5.35. The lowest BCUT2D eigenvalue weighted by molar-refractivity contribution is -0.117. The van der Waals surface area contributed by atoms with E-state index in [1.54, 1.807) is 18.2 Å². The fourth-order valence-corrected chi connectivity index (χ4v) is 3.97. The molecule has 3 aromatic heterocycles. The third-order valence-corrected chi connectivity index (χ3v) is 5.52. The molecule has 0 saturated carbocycles. The Morgan fingerprint density at radius 2 is 2.17 bits per heavy atom. The van der Waals surface area contributed by atoms with Crippen LogP contribution in [0.3, 0.4) is 0 Å². The number of carbonyl (C=O) groups excluding carboxylic acids is 1.